The fourth-order valence-electron chi connectivity index (χ4n) is 2.89. The van der Waals surface area contributed by atoms with Gasteiger partial charge in [0.15, 0.2) is 0 Å². The van der Waals surface area contributed by atoms with Crippen LogP contribution in [0.25, 0.3) is 0 Å². The summed E-state index contributed by atoms with van der Waals surface area (Å²) in [7, 11) is 3.70. The maximum Gasteiger partial charge on any atom is 0.119 e. The lowest BCUT2D eigenvalue weighted by Gasteiger charge is -2.25. The van der Waals surface area contributed by atoms with Crippen molar-refractivity contribution < 1.29 is 4.74 Å². The zero-order chi connectivity index (χ0) is 13.5. The Morgan fingerprint density at radius 1 is 1.47 bits per heavy atom. The summed E-state index contributed by atoms with van der Waals surface area (Å²) in [6.07, 6.45) is 6.53. The summed E-state index contributed by atoms with van der Waals surface area (Å²) >= 11 is 0. The van der Waals surface area contributed by atoms with Crippen LogP contribution < -0.4 is 10.5 Å². The van der Waals surface area contributed by atoms with E-state index >= 15 is 0 Å². The number of benzene rings is 1. The van der Waals surface area contributed by atoms with E-state index in [2.05, 4.69) is 17.1 Å². The predicted octanol–water partition coefficient (Wildman–Crippen LogP) is 1.77. The fraction of sp³-hybridized carbons (Fsp3) is 0.400. The van der Waals surface area contributed by atoms with Crippen LogP contribution in [0.5, 0.6) is 5.75 Å². The summed E-state index contributed by atoms with van der Waals surface area (Å²) in [5.41, 5.74) is 8.85. The number of hydrogen-bond acceptors (Lipinski definition) is 3. The highest BCUT2D eigenvalue weighted by atomic mass is 16.5. The molecule has 0 saturated carbocycles. The van der Waals surface area contributed by atoms with Gasteiger partial charge < -0.3 is 15.0 Å². The number of hydrogen-bond donors (Lipinski definition) is 1. The van der Waals surface area contributed by atoms with Gasteiger partial charge in [0.25, 0.3) is 0 Å². The van der Waals surface area contributed by atoms with E-state index in [1.807, 2.05) is 30.1 Å². The first-order chi connectivity index (χ1) is 9.12. The van der Waals surface area contributed by atoms with Crippen molar-refractivity contribution in [2.45, 2.75) is 24.8 Å². The molecule has 19 heavy (non-hydrogen) atoms. The normalized spacial score (nSPS) is 21.4. The van der Waals surface area contributed by atoms with Crippen molar-refractivity contribution in [3.05, 3.63) is 47.5 Å². The smallest absolute Gasteiger partial charge is 0.119 e. The number of nitrogens with zero attached hydrogens (tertiary/aromatic N) is 2. The van der Waals surface area contributed by atoms with Crippen LogP contribution in [0.1, 0.15) is 23.4 Å². The molecule has 4 heteroatoms. The Morgan fingerprint density at radius 2 is 2.32 bits per heavy atom. The number of fused-ring (bicyclic) bond motifs is 1. The van der Waals surface area contributed by atoms with Crippen LogP contribution in [-0.4, -0.2) is 16.7 Å². The monoisotopic (exact) mass is 257 g/mol. The van der Waals surface area contributed by atoms with Crippen LogP contribution in [0.4, 0.5) is 0 Å². The molecular weight excluding hydrogens is 238 g/mol. The van der Waals surface area contributed by atoms with Gasteiger partial charge in [0.2, 0.25) is 0 Å². The van der Waals surface area contributed by atoms with Crippen molar-refractivity contribution in [1.82, 2.24) is 9.55 Å². The number of imidazole rings is 1. The first-order valence-corrected chi connectivity index (χ1v) is 6.55. The van der Waals surface area contributed by atoms with E-state index in [9.17, 15) is 0 Å². The van der Waals surface area contributed by atoms with E-state index in [0.717, 1.165) is 30.8 Å². The zero-order valence-corrected chi connectivity index (χ0v) is 11.4. The Labute approximate surface area is 113 Å². The minimum absolute atomic E-state index is 0.330. The summed E-state index contributed by atoms with van der Waals surface area (Å²) in [6.45, 7) is 0. The van der Waals surface area contributed by atoms with Crippen molar-refractivity contribution in [2.75, 3.05) is 7.11 Å². The maximum absolute atomic E-state index is 6.65. The molecule has 3 rings (SSSR count). The zero-order valence-electron chi connectivity index (χ0n) is 11.4. The molecule has 2 aromatic rings. The molecule has 2 N–H and O–H groups in total. The molecule has 4 nitrogen and oxygen atoms in total. The van der Waals surface area contributed by atoms with E-state index in [-0.39, 0.29) is 5.54 Å². The van der Waals surface area contributed by atoms with Gasteiger partial charge >= 0.3 is 0 Å². The molecule has 0 aliphatic heterocycles. The Kier molecular flexibility index (Phi) is 2.82. The van der Waals surface area contributed by atoms with Crippen LogP contribution in [-0.2, 0) is 25.4 Å². The lowest BCUT2D eigenvalue weighted by molar-refractivity contribution is 0.404. The van der Waals surface area contributed by atoms with Gasteiger partial charge in [-0.1, -0.05) is 6.07 Å². The number of ether oxygens (including phenoxy) is 1. The molecule has 1 aliphatic rings. The third-order valence-corrected chi connectivity index (χ3v) is 4.09. The van der Waals surface area contributed by atoms with Crippen molar-refractivity contribution in [2.24, 2.45) is 12.8 Å². The lowest BCUT2D eigenvalue weighted by Crippen LogP contribution is -2.37. The highest BCUT2D eigenvalue weighted by Crippen LogP contribution is 2.38. The summed E-state index contributed by atoms with van der Waals surface area (Å²) < 4.78 is 7.35. The second-order valence-corrected chi connectivity index (χ2v) is 5.31. The molecule has 0 fully saturated rings. The Morgan fingerprint density at radius 3 is 3.00 bits per heavy atom. The maximum atomic E-state index is 6.65. The highest BCUT2D eigenvalue weighted by Gasteiger charge is 2.36. The Balaban J connectivity index is 1.97. The Bertz CT molecular complexity index is 605. The van der Waals surface area contributed by atoms with Crippen LogP contribution in [0.2, 0.25) is 0 Å². The minimum Gasteiger partial charge on any atom is -0.497 e. The number of nitrogens with two attached hydrogens (primary N) is 1. The van der Waals surface area contributed by atoms with Crippen LogP contribution in [0.15, 0.2) is 30.6 Å². The summed E-state index contributed by atoms with van der Waals surface area (Å²) in [5.74, 6) is 1.90. The number of aromatic nitrogens is 2. The van der Waals surface area contributed by atoms with E-state index in [1.165, 1.54) is 11.1 Å². The average molecular weight is 257 g/mol. The van der Waals surface area contributed by atoms with Gasteiger partial charge in [0.1, 0.15) is 11.6 Å². The van der Waals surface area contributed by atoms with E-state index < -0.39 is 0 Å². The first-order valence-electron chi connectivity index (χ1n) is 6.55. The van der Waals surface area contributed by atoms with Crippen LogP contribution >= 0.6 is 0 Å². The van der Waals surface area contributed by atoms with Gasteiger partial charge in [-0.05, 0) is 36.1 Å². The third-order valence-electron chi connectivity index (χ3n) is 4.09. The fourth-order valence-corrected chi connectivity index (χ4v) is 2.89. The van der Waals surface area contributed by atoms with Crippen molar-refractivity contribution >= 4 is 0 Å². The van der Waals surface area contributed by atoms with E-state index in [1.54, 1.807) is 7.11 Å². The first kappa shape index (κ1) is 12.2. The standard InChI is InChI=1S/C15H19N3O/c1-18-8-7-17-14(18)10-15(16)6-5-11-3-4-12(19-2)9-13(11)15/h3-4,7-9H,5-6,10,16H2,1-2H3. The molecule has 0 saturated heterocycles. The highest BCUT2D eigenvalue weighted by molar-refractivity contribution is 5.44. The molecular formula is C15H19N3O. The molecule has 1 unspecified atom stereocenters. The van der Waals surface area contributed by atoms with E-state index in [0.29, 0.717) is 0 Å². The third kappa shape index (κ3) is 2.02. The number of methoxy groups -OCH3 is 1. The second-order valence-electron chi connectivity index (χ2n) is 5.31. The molecule has 0 radical (unpaired) electrons. The summed E-state index contributed by atoms with van der Waals surface area (Å²) in [5, 5.41) is 0. The van der Waals surface area contributed by atoms with Gasteiger partial charge in [-0.2, -0.15) is 0 Å². The molecule has 0 amide bonds. The Hall–Kier alpha value is -1.81. The largest absolute Gasteiger partial charge is 0.497 e. The van der Waals surface area contributed by atoms with Gasteiger partial charge in [-0.15, -0.1) is 0 Å². The molecule has 1 atom stereocenters. The average Bonchev–Trinajstić information content (AvgIpc) is 2.95. The van der Waals surface area contributed by atoms with Gasteiger partial charge in [-0.3, -0.25) is 0 Å². The quantitative estimate of drug-likeness (QED) is 0.911. The second kappa shape index (κ2) is 4.38. The number of aryl methyl sites for hydroxylation is 2. The molecule has 0 spiro atoms. The molecule has 1 aromatic carbocycles. The van der Waals surface area contributed by atoms with Crippen molar-refractivity contribution in [3.63, 3.8) is 0 Å². The summed E-state index contributed by atoms with van der Waals surface area (Å²) in [4.78, 5) is 4.39. The van der Waals surface area contributed by atoms with Crippen LogP contribution in [0.3, 0.4) is 0 Å². The predicted molar refractivity (Wildman–Crippen MR) is 74.1 cm³/mol. The minimum atomic E-state index is -0.330. The molecule has 1 aliphatic carbocycles. The molecule has 0 bridgehead atoms. The van der Waals surface area contributed by atoms with Crippen LogP contribution in [0, 0.1) is 0 Å². The SMILES string of the molecule is COc1ccc2c(c1)C(N)(Cc1nccn1C)CC2. The van der Waals surface area contributed by atoms with Crippen molar-refractivity contribution in [1.29, 1.82) is 0 Å². The van der Waals surface area contributed by atoms with Crippen molar-refractivity contribution in [3.8, 4) is 5.75 Å². The number of rotatable bonds is 3. The lowest BCUT2D eigenvalue weighted by atomic mass is 9.89. The molecule has 1 aromatic heterocycles. The van der Waals surface area contributed by atoms with Gasteiger partial charge in [0, 0.05) is 31.4 Å². The molecule has 100 valence electrons. The van der Waals surface area contributed by atoms with Gasteiger partial charge in [0.05, 0.1) is 7.11 Å². The van der Waals surface area contributed by atoms with E-state index in [4.69, 9.17) is 10.5 Å². The van der Waals surface area contributed by atoms with Gasteiger partial charge in [-0.25, -0.2) is 4.98 Å². The topological polar surface area (TPSA) is 53.1 Å². The molecule has 1 heterocycles. The summed E-state index contributed by atoms with van der Waals surface area (Å²) in [6, 6.07) is 6.21.